The lowest BCUT2D eigenvalue weighted by atomic mass is 9.70. The van der Waals surface area contributed by atoms with Crippen LogP contribution in [0.4, 0.5) is 0 Å². The van der Waals surface area contributed by atoms with E-state index in [4.69, 9.17) is 0 Å². The molecule has 95 heavy (non-hydrogen) atoms. The van der Waals surface area contributed by atoms with Crippen LogP contribution in [0.3, 0.4) is 0 Å². The molecule has 2 aliphatic carbocycles. The number of hydrogen-bond donors (Lipinski definition) is 0. The van der Waals surface area contributed by atoms with E-state index in [0.29, 0.717) is 0 Å². The third kappa shape index (κ3) is 8.31. The predicted octanol–water partition coefficient (Wildman–Crippen LogP) is 24.5. The van der Waals surface area contributed by atoms with Crippen LogP contribution >= 0.6 is 0 Å². The number of hydrogen-bond acceptors (Lipinski definition) is 0. The van der Waals surface area contributed by atoms with Gasteiger partial charge in [0.15, 0.2) is 0 Å². The Morgan fingerprint density at radius 3 is 1.01 bits per heavy atom. The normalized spacial score (nSPS) is 13.1. The maximum absolute atomic E-state index is 2.47. The van der Waals surface area contributed by atoms with Gasteiger partial charge in [-0.05, 0) is 229 Å². The van der Waals surface area contributed by atoms with E-state index in [1.165, 1.54) is 187 Å². The van der Waals surface area contributed by atoms with Crippen LogP contribution in [-0.4, -0.2) is 9.13 Å². The second kappa shape index (κ2) is 20.8. The zero-order chi connectivity index (χ0) is 62.3. The minimum Gasteiger partial charge on any atom is -0.309 e. The summed E-state index contributed by atoms with van der Waals surface area (Å²) in [6.45, 7) is 0. The van der Waals surface area contributed by atoms with Crippen LogP contribution in [-0.2, 0) is 5.41 Å². The molecule has 0 amide bonds. The highest BCUT2D eigenvalue weighted by Gasteiger charge is 2.51. The lowest BCUT2D eigenvalue weighted by molar-refractivity contribution is 0.793. The Morgan fingerprint density at radius 1 is 0.200 bits per heavy atom. The van der Waals surface area contributed by atoms with E-state index in [1.807, 2.05) is 0 Å². The molecule has 2 heteroatoms. The minimum absolute atomic E-state index is 0.482. The van der Waals surface area contributed by atoms with Crippen LogP contribution < -0.4 is 0 Å². The summed E-state index contributed by atoms with van der Waals surface area (Å²) in [5.74, 6) is 0. The number of nitrogens with zero attached hydrogens (tertiary/aromatic N) is 2. The molecule has 0 saturated heterocycles. The van der Waals surface area contributed by atoms with Gasteiger partial charge in [0.25, 0.3) is 0 Å². The van der Waals surface area contributed by atoms with Crippen molar-refractivity contribution in [3.05, 3.63) is 372 Å². The first-order valence-corrected chi connectivity index (χ1v) is 33.0. The maximum Gasteiger partial charge on any atom is 0.0725 e. The summed E-state index contributed by atoms with van der Waals surface area (Å²) >= 11 is 0. The Bertz CT molecular complexity index is 5970. The second-order valence-corrected chi connectivity index (χ2v) is 26.0. The predicted molar refractivity (Wildman–Crippen MR) is 403 cm³/mol. The zero-order valence-electron chi connectivity index (χ0n) is 51.9. The van der Waals surface area contributed by atoms with Gasteiger partial charge in [0.2, 0.25) is 0 Å². The molecule has 2 heterocycles. The van der Waals surface area contributed by atoms with Gasteiger partial charge in [-0.1, -0.05) is 255 Å². The van der Waals surface area contributed by atoms with E-state index < -0.39 is 5.41 Å². The highest BCUT2D eigenvalue weighted by atomic mass is 15.0. The summed E-state index contributed by atoms with van der Waals surface area (Å²) in [7, 11) is 0. The fourth-order valence-corrected chi connectivity index (χ4v) is 16.4. The summed E-state index contributed by atoms with van der Waals surface area (Å²) in [6, 6.07) is 122. The molecule has 0 bridgehead atoms. The van der Waals surface area contributed by atoms with Gasteiger partial charge >= 0.3 is 0 Å². The van der Waals surface area contributed by atoms with Crippen molar-refractivity contribution in [2.75, 3.05) is 0 Å². The van der Waals surface area contributed by atoms with Gasteiger partial charge in [-0.25, -0.2) is 0 Å². The first-order valence-electron chi connectivity index (χ1n) is 33.0. The summed E-state index contributed by atoms with van der Waals surface area (Å²) in [5, 5.41) is 14.9. The number of para-hydroxylation sites is 2. The Morgan fingerprint density at radius 2 is 0.526 bits per heavy atom. The molecule has 0 aliphatic heterocycles. The van der Waals surface area contributed by atoms with Crippen LogP contribution in [0.5, 0.6) is 0 Å². The number of rotatable bonds is 8. The van der Waals surface area contributed by atoms with E-state index >= 15 is 0 Å². The highest BCUT2D eigenvalue weighted by Crippen LogP contribution is 2.63. The summed E-state index contributed by atoms with van der Waals surface area (Å²) < 4.78 is 4.82. The first kappa shape index (κ1) is 53.3. The van der Waals surface area contributed by atoms with Crippen molar-refractivity contribution in [1.29, 1.82) is 0 Å². The molecule has 2 aliphatic rings. The average Bonchev–Trinajstić information content (AvgIpc) is 1.53. The number of benzene rings is 16. The largest absolute Gasteiger partial charge is 0.309 e. The van der Waals surface area contributed by atoms with Crippen molar-refractivity contribution in [3.63, 3.8) is 0 Å². The van der Waals surface area contributed by atoms with Crippen molar-refractivity contribution in [2.45, 2.75) is 5.41 Å². The van der Waals surface area contributed by atoms with Crippen LogP contribution in [0.2, 0.25) is 0 Å². The molecule has 440 valence electrons. The maximum atomic E-state index is 2.47. The lowest BCUT2D eigenvalue weighted by Crippen LogP contribution is -2.26. The molecule has 0 N–H and O–H groups in total. The topological polar surface area (TPSA) is 9.86 Å². The fourth-order valence-electron chi connectivity index (χ4n) is 16.4. The van der Waals surface area contributed by atoms with E-state index in [0.717, 1.165) is 0 Å². The standard InChI is InChI=1S/C93H58N2/c1-3-15-65-55-75(43-39-63(65)13-1)94-89-23-11-7-19-81(89)83-57-73(41-47-91(83)94)71-37-35-67-49-59(29-33-69(67)53-71)25-27-61-31-45-79-80-46-32-62(52-88(80)93(87(79)51-61)85-21-9-5-17-77(85)78-18-6-10-22-86(78)93)28-26-60-30-34-70-54-72(38-36-68(70)50-60)74-42-48-92-84(58-74)82-20-8-12-24-90(82)95(92)76-44-40-64-14-2-4-16-66(64)56-76/h1-58H/b27-25+,28-26+. The van der Waals surface area contributed by atoms with E-state index in [9.17, 15) is 0 Å². The quantitative estimate of drug-likeness (QED) is 0.134. The van der Waals surface area contributed by atoms with Crippen molar-refractivity contribution in [3.8, 4) is 55.9 Å². The Hall–Kier alpha value is -12.4. The molecule has 18 aromatic rings. The second-order valence-electron chi connectivity index (χ2n) is 26.0. The molecule has 2 nitrogen and oxygen atoms in total. The van der Waals surface area contributed by atoms with E-state index in [2.05, 4.69) is 361 Å². The third-order valence-corrected chi connectivity index (χ3v) is 20.8. The van der Waals surface area contributed by atoms with Gasteiger partial charge in [0.1, 0.15) is 0 Å². The van der Waals surface area contributed by atoms with Crippen molar-refractivity contribution in [1.82, 2.24) is 9.13 Å². The van der Waals surface area contributed by atoms with E-state index in [1.54, 1.807) is 0 Å². The van der Waals surface area contributed by atoms with Crippen molar-refractivity contribution < 1.29 is 0 Å². The molecule has 1 spiro atoms. The monoisotopic (exact) mass is 1200 g/mol. The van der Waals surface area contributed by atoms with Gasteiger partial charge in [-0.2, -0.15) is 0 Å². The Kier molecular flexibility index (Phi) is 11.7. The molecule has 0 radical (unpaired) electrons. The molecular weight excluding hydrogens is 1150 g/mol. The molecule has 0 saturated carbocycles. The number of aromatic nitrogens is 2. The lowest BCUT2D eigenvalue weighted by Gasteiger charge is -2.30. The van der Waals surface area contributed by atoms with Gasteiger partial charge in [-0.15, -0.1) is 0 Å². The summed E-state index contributed by atoms with van der Waals surface area (Å²) in [4.78, 5) is 0. The molecule has 0 unspecified atom stereocenters. The van der Waals surface area contributed by atoms with Gasteiger partial charge in [-0.3, -0.25) is 0 Å². The van der Waals surface area contributed by atoms with Crippen LogP contribution in [0.25, 0.3) is 167 Å². The Balaban J connectivity index is 0.597. The van der Waals surface area contributed by atoms with Crippen molar-refractivity contribution in [2.24, 2.45) is 0 Å². The first-order chi connectivity index (χ1) is 47.0. The van der Waals surface area contributed by atoms with Crippen LogP contribution in [0.15, 0.2) is 328 Å². The average molecular weight is 1200 g/mol. The molecule has 2 aromatic heterocycles. The summed E-state index contributed by atoms with van der Waals surface area (Å²) in [5.41, 5.74) is 26.8. The smallest absolute Gasteiger partial charge is 0.0725 e. The molecule has 0 atom stereocenters. The van der Waals surface area contributed by atoms with Crippen LogP contribution in [0, 0.1) is 0 Å². The highest BCUT2D eigenvalue weighted by molar-refractivity contribution is 6.13. The van der Waals surface area contributed by atoms with E-state index in [-0.39, 0.29) is 0 Å². The minimum atomic E-state index is -0.482. The van der Waals surface area contributed by atoms with Gasteiger partial charge in [0, 0.05) is 32.9 Å². The molecule has 20 rings (SSSR count). The van der Waals surface area contributed by atoms with Crippen LogP contribution in [0.1, 0.15) is 44.5 Å². The Labute approximate surface area is 550 Å². The molecule has 0 fully saturated rings. The SMILES string of the molecule is C(=C\c1ccc2cc(-c3ccc4c(c3)c3ccccc3n4-c3ccc4ccccc4c3)ccc2c1)/c1ccc2c(c1)C1(c3ccccc3-c3ccccc31)c1cc(/C=C/c3ccc4cc(-c5ccc6c(c5)c5ccccc5n6-c5ccc6ccccc6c5)ccc4c3)ccc1-2. The van der Waals surface area contributed by atoms with Crippen molar-refractivity contribution >= 4 is 111 Å². The third-order valence-electron chi connectivity index (χ3n) is 20.8. The summed E-state index contributed by atoms with van der Waals surface area (Å²) in [6.07, 6.45) is 9.16. The van der Waals surface area contributed by atoms with Gasteiger partial charge < -0.3 is 9.13 Å². The zero-order valence-corrected chi connectivity index (χ0v) is 51.9. The number of fused-ring (bicyclic) bond motifs is 20. The fraction of sp³-hybridized carbons (Fsp3) is 0.0108. The molecular formula is C93H58N2. The molecule has 16 aromatic carbocycles. The van der Waals surface area contributed by atoms with Gasteiger partial charge in [0.05, 0.1) is 27.5 Å².